The topological polar surface area (TPSA) is 68.8 Å². The zero-order valence-corrected chi connectivity index (χ0v) is 9.40. The summed E-state index contributed by atoms with van der Waals surface area (Å²) in [5.74, 6) is 0. The van der Waals surface area contributed by atoms with Gasteiger partial charge in [0.05, 0.1) is 17.8 Å². The summed E-state index contributed by atoms with van der Waals surface area (Å²) in [5.41, 5.74) is 6.65. The van der Waals surface area contributed by atoms with Crippen molar-refractivity contribution < 1.29 is 0 Å². The predicted octanol–water partition coefficient (Wildman–Crippen LogP) is 0.396. The normalized spacial score (nSPS) is 25.4. The van der Waals surface area contributed by atoms with Crippen LogP contribution in [0.2, 0.25) is 0 Å². The molecule has 0 aliphatic carbocycles. The first-order valence-corrected chi connectivity index (χ1v) is 5.55. The molecule has 1 saturated heterocycles. The van der Waals surface area contributed by atoms with Gasteiger partial charge in [0.2, 0.25) is 0 Å². The first kappa shape index (κ1) is 10.6. The molecule has 0 bridgehead atoms. The molecule has 15 heavy (non-hydrogen) atoms. The number of rotatable bonds is 3. The van der Waals surface area contributed by atoms with Crippen molar-refractivity contribution in [3.63, 3.8) is 0 Å². The molecule has 0 saturated carbocycles. The second-order valence-corrected chi connectivity index (χ2v) is 4.50. The smallest absolute Gasteiger partial charge is 0.102 e. The van der Waals surface area contributed by atoms with Gasteiger partial charge in [0.25, 0.3) is 0 Å². The Kier molecular flexibility index (Phi) is 2.75. The molecule has 1 fully saturated rings. The maximum Gasteiger partial charge on any atom is 0.102 e. The molecule has 2 atom stereocenters. The van der Waals surface area contributed by atoms with Gasteiger partial charge in [-0.1, -0.05) is 12.1 Å². The second-order valence-electron chi connectivity index (χ2n) is 4.50. The Hall–Kier alpha value is -0.940. The molecule has 1 aliphatic rings. The van der Waals surface area contributed by atoms with Gasteiger partial charge < -0.3 is 11.1 Å². The summed E-state index contributed by atoms with van der Waals surface area (Å²) in [6, 6.07) is 0.443. The lowest BCUT2D eigenvalue weighted by Gasteiger charge is -2.18. The van der Waals surface area contributed by atoms with Crippen molar-refractivity contribution in [2.75, 3.05) is 13.1 Å². The van der Waals surface area contributed by atoms with Crippen LogP contribution in [0.4, 0.5) is 0 Å². The van der Waals surface area contributed by atoms with E-state index in [2.05, 4.69) is 22.6 Å². The van der Waals surface area contributed by atoms with Crippen LogP contribution in [0, 0.1) is 0 Å². The fourth-order valence-electron chi connectivity index (χ4n) is 1.76. The lowest BCUT2D eigenvalue weighted by atomic mass is 9.97. The predicted molar refractivity (Wildman–Crippen MR) is 58.4 cm³/mol. The lowest BCUT2D eigenvalue weighted by Crippen LogP contribution is -2.32. The van der Waals surface area contributed by atoms with E-state index < -0.39 is 0 Å². The van der Waals surface area contributed by atoms with E-state index in [4.69, 9.17) is 5.73 Å². The SMILES string of the molecule is CC[C@](C)(N)c1cn([C@H]2CCNC2)nn1. The molecule has 0 radical (unpaired) electrons. The summed E-state index contributed by atoms with van der Waals surface area (Å²) in [6.45, 7) is 6.11. The monoisotopic (exact) mass is 209 g/mol. The number of nitrogens with two attached hydrogens (primary N) is 1. The van der Waals surface area contributed by atoms with Crippen molar-refractivity contribution in [1.82, 2.24) is 20.3 Å². The highest BCUT2D eigenvalue weighted by Gasteiger charge is 2.25. The van der Waals surface area contributed by atoms with Crippen LogP contribution in [0.25, 0.3) is 0 Å². The average Bonchev–Trinajstić information content (AvgIpc) is 2.88. The summed E-state index contributed by atoms with van der Waals surface area (Å²) >= 11 is 0. The molecule has 84 valence electrons. The highest BCUT2D eigenvalue weighted by molar-refractivity contribution is 5.07. The fourth-order valence-corrected chi connectivity index (χ4v) is 1.76. The zero-order valence-electron chi connectivity index (χ0n) is 9.40. The molecule has 3 N–H and O–H groups in total. The van der Waals surface area contributed by atoms with Crippen LogP contribution in [0.3, 0.4) is 0 Å². The van der Waals surface area contributed by atoms with E-state index in [9.17, 15) is 0 Å². The van der Waals surface area contributed by atoms with Crippen LogP contribution in [-0.4, -0.2) is 28.1 Å². The molecule has 2 heterocycles. The standard InChI is InChI=1S/C10H19N5/c1-3-10(2,11)9-7-15(14-13-9)8-4-5-12-6-8/h7-8,12H,3-6,11H2,1-2H3/t8-,10-/m0/s1. The second kappa shape index (κ2) is 3.90. The van der Waals surface area contributed by atoms with Gasteiger partial charge in [0.15, 0.2) is 0 Å². The Morgan fingerprint density at radius 2 is 2.53 bits per heavy atom. The van der Waals surface area contributed by atoms with Gasteiger partial charge in [-0.05, 0) is 26.3 Å². The van der Waals surface area contributed by atoms with Crippen molar-refractivity contribution in [3.8, 4) is 0 Å². The summed E-state index contributed by atoms with van der Waals surface area (Å²) in [4.78, 5) is 0. The van der Waals surface area contributed by atoms with Crippen molar-refractivity contribution >= 4 is 0 Å². The van der Waals surface area contributed by atoms with E-state index in [0.717, 1.165) is 31.6 Å². The van der Waals surface area contributed by atoms with E-state index >= 15 is 0 Å². The van der Waals surface area contributed by atoms with Gasteiger partial charge >= 0.3 is 0 Å². The van der Waals surface area contributed by atoms with E-state index in [1.165, 1.54) is 0 Å². The Morgan fingerprint density at radius 1 is 1.73 bits per heavy atom. The van der Waals surface area contributed by atoms with Crippen LogP contribution in [0.5, 0.6) is 0 Å². The molecule has 1 aromatic rings. The van der Waals surface area contributed by atoms with E-state index in [-0.39, 0.29) is 5.54 Å². The van der Waals surface area contributed by atoms with Crippen molar-refractivity contribution in [3.05, 3.63) is 11.9 Å². The minimum atomic E-state index is -0.357. The Morgan fingerprint density at radius 3 is 3.13 bits per heavy atom. The van der Waals surface area contributed by atoms with Gasteiger partial charge in [0.1, 0.15) is 5.69 Å². The summed E-state index contributed by atoms with van der Waals surface area (Å²) < 4.78 is 1.94. The Labute approximate surface area is 90.0 Å². The molecule has 0 unspecified atom stereocenters. The minimum absolute atomic E-state index is 0.357. The van der Waals surface area contributed by atoms with E-state index in [1.807, 2.05) is 17.8 Å². The molecule has 1 aliphatic heterocycles. The number of hydrogen-bond donors (Lipinski definition) is 2. The third-order valence-electron chi connectivity index (χ3n) is 3.24. The molecule has 5 heteroatoms. The van der Waals surface area contributed by atoms with Gasteiger partial charge in [-0.2, -0.15) is 0 Å². The molecular weight excluding hydrogens is 190 g/mol. The highest BCUT2D eigenvalue weighted by Crippen LogP contribution is 2.20. The molecule has 2 rings (SSSR count). The van der Waals surface area contributed by atoms with E-state index in [0.29, 0.717) is 6.04 Å². The van der Waals surface area contributed by atoms with Crippen LogP contribution < -0.4 is 11.1 Å². The number of nitrogens with zero attached hydrogens (tertiary/aromatic N) is 3. The number of hydrogen-bond acceptors (Lipinski definition) is 4. The van der Waals surface area contributed by atoms with Crippen LogP contribution in [0.15, 0.2) is 6.20 Å². The quantitative estimate of drug-likeness (QED) is 0.756. The van der Waals surface area contributed by atoms with Crippen LogP contribution in [0.1, 0.15) is 38.4 Å². The molecule has 0 amide bonds. The highest BCUT2D eigenvalue weighted by atomic mass is 15.4. The largest absolute Gasteiger partial charge is 0.320 e. The number of nitrogens with one attached hydrogen (secondary N) is 1. The average molecular weight is 209 g/mol. The van der Waals surface area contributed by atoms with Crippen LogP contribution in [-0.2, 0) is 5.54 Å². The minimum Gasteiger partial charge on any atom is -0.320 e. The maximum absolute atomic E-state index is 6.12. The van der Waals surface area contributed by atoms with Crippen molar-refractivity contribution in [1.29, 1.82) is 0 Å². The number of aromatic nitrogens is 3. The van der Waals surface area contributed by atoms with Gasteiger partial charge in [0, 0.05) is 6.54 Å². The van der Waals surface area contributed by atoms with Crippen molar-refractivity contribution in [2.24, 2.45) is 5.73 Å². The zero-order chi connectivity index (χ0) is 10.9. The van der Waals surface area contributed by atoms with E-state index in [1.54, 1.807) is 0 Å². The third kappa shape index (κ3) is 2.03. The summed E-state index contributed by atoms with van der Waals surface area (Å²) in [6.07, 6.45) is 3.98. The first-order valence-electron chi connectivity index (χ1n) is 5.55. The van der Waals surface area contributed by atoms with Crippen LogP contribution >= 0.6 is 0 Å². The summed E-state index contributed by atoms with van der Waals surface area (Å²) in [7, 11) is 0. The Balaban J connectivity index is 2.16. The third-order valence-corrected chi connectivity index (χ3v) is 3.24. The molecular formula is C10H19N5. The molecule has 0 aromatic carbocycles. The maximum atomic E-state index is 6.12. The van der Waals surface area contributed by atoms with Crippen molar-refractivity contribution in [2.45, 2.75) is 38.3 Å². The Bertz CT molecular complexity index is 324. The summed E-state index contributed by atoms with van der Waals surface area (Å²) in [5, 5.41) is 11.6. The molecule has 1 aromatic heterocycles. The lowest BCUT2D eigenvalue weighted by molar-refractivity contribution is 0.461. The van der Waals surface area contributed by atoms with Gasteiger partial charge in [-0.15, -0.1) is 5.10 Å². The van der Waals surface area contributed by atoms with Gasteiger partial charge in [-0.25, -0.2) is 4.68 Å². The molecule has 5 nitrogen and oxygen atoms in total. The van der Waals surface area contributed by atoms with Gasteiger partial charge in [-0.3, -0.25) is 0 Å². The first-order chi connectivity index (χ1) is 7.13. The fraction of sp³-hybridized carbons (Fsp3) is 0.800. The molecule has 0 spiro atoms.